The van der Waals surface area contributed by atoms with E-state index in [0.29, 0.717) is 13.2 Å². The number of benzene rings is 1. The van der Waals surface area contributed by atoms with Crippen LogP contribution in [-0.2, 0) is 16.1 Å². The fraction of sp³-hybridized carbons (Fsp3) is 0.538. The molecule has 0 radical (unpaired) electrons. The zero-order valence-electron chi connectivity index (χ0n) is 10.3. The molecule has 0 atom stereocenters. The maximum absolute atomic E-state index is 5.60. The van der Waals surface area contributed by atoms with E-state index in [9.17, 15) is 0 Å². The van der Waals surface area contributed by atoms with Crippen molar-refractivity contribution >= 4 is 5.69 Å². The molecule has 0 bridgehead atoms. The Morgan fingerprint density at radius 1 is 1.19 bits per heavy atom. The first-order chi connectivity index (χ1) is 7.53. The van der Waals surface area contributed by atoms with Crippen molar-refractivity contribution in [3.63, 3.8) is 0 Å². The summed E-state index contributed by atoms with van der Waals surface area (Å²) in [6.45, 7) is 5.43. The highest BCUT2D eigenvalue weighted by Gasteiger charge is 2.15. The Kier molecular flexibility index (Phi) is 4.77. The Morgan fingerprint density at radius 3 is 2.38 bits per heavy atom. The number of nitrogen functional groups attached to an aromatic ring is 1. The summed E-state index contributed by atoms with van der Waals surface area (Å²) in [6, 6.07) is 7.74. The summed E-state index contributed by atoms with van der Waals surface area (Å²) >= 11 is 0. The van der Waals surface area contributed by atoms with Crippen LogP contribution in [0.2, 0.25) is 0 Å². The van der Waals surface area contributed by atoms with Gasteiger partial charge in [-0.1, -0.05) is 12.1 Å². The molecule has 0 aliphatic heterocycles. The SMILES string of the molecule is COC(C)(C)CCOCc1ccc(N)cc1. The van der Waals surface area contributed by atoms with Crippen LogP contribution in [0.3, 0.4) is 0 Å². The van der Waals surface area contributed by atoms with Crippen LogP contribution in [0.5, 0.6) is 0 Å². The molecule has 1 aromatic carbocycles. The predicted octanol–water partition coefficient (Wildman–Crippen LogP) is 2.60. The maximum Gasteiger partial charge on any atom is 0.0716 e. The second-order valence-corrected chi connectivity index (χ2v) is 4.51. The Balaban J connectivity index is 2.23. The third-order valence-electron chi connectivity index (χ3n) is 2.65. The van der Waals surface area contributed by atoms with Gasteiger partial charge in [-0.05, 0) is 38.0 Å². The molecule has 0 aliphatic rings. The minimum atomic E-state index is -0.110. The quantitative estimate of drug-likeness (QED) is 0.595. The average Bonchev–Trinajstić information content (AvgIpc) is 2.27. The minimum Gasteiger partial charge on any atom is -0.399 e. The molecule has 1 aromatic rings. The van der Waals surface area contributed by atoms with Gasteiger partial charge in [-0.2, -0.15) is 0 Å². The van der Waals surface area contributed by atoms with Crippen LogP contribution in [0.25, 0.3) is 0 Å². The van der Waals surface area contributed by atoms with Crippen molar-refractivity contribution in [3.05, 3.63) is 29.8 Å². The van der Waals surface area contributed by atoms with Crippen molar-refractivity contribution in [2.45, 2.75) is 32.5 Å². The Morgan fingerprint density at radius 2 is 1.81 bits per heavy atom. The summed E-state index contributed by atoms with van der Waals surface area (Å²) in [4.78, 5) is 0. The number of hydrogen-bond donors (Lipinski definition) is 1. The third-order valence-corrected chi connectivity index (χ3v) is 2.65. The van der Waals surface area contributed by atoms with Crippen molar-refractivity contribution in [3.8, 4) is 0 Å². The van der Waals surface area contributed by atoms with Crippen LogP contribution in [-0.4, -0.2) is 19.3 Å². The van der Waals surface area contributed by atoms with Gasteiger partial charge in [0, 0.05) is 19.4 Å². The molecule has 0 saturated carbocycles. The van der Waals surface area contributed by atoms with E-state index in [1.54, 1.807) is 7.11 Å². The molecular weight excluding hydrogens is 202 g/mol. The van der Waals surface area contributed by atoms with Crippen LogP contribution in [0, 0.1) is 0 Å². The van der Waals surface area contributed by atoms with Crippen molar-refractivity contribution in [2.75, 3.05) is 19.5 Å². The summed E-state index contributed by atoms with van der Waals surface area (Å²) in [7, 11) is 1.72. The molecule has 2 N–H and O–H groups in total. The lowest BCUT2D eigenvalue weighted by atomic mass is 10.1. The van der Waals surface area contributed by atoms with E-state index in [1.165, 1.54) is 0 Å². The Labute approximate surface area is 97.6 Å². The van der Waals surface area contributed by atoms with Gasteiger partial charge in [0.1, 0.15) is 0 Å². The second-order valence-electron chi connectivity index (χ2n) is 4.51. The number of hydrogen-bond acceptors (Lipinski definition) is 3. The van der Waals surface area contributed by atoms with Crippen molar-refractivity contribution in [1.29, 1.82) is 0 Å². The molecule has 0 spiro atoms. The largest absolute Gasteiger partial charge is 0.399 e. The van der Waals surface area contributed by atoms with Gasteiger partial charge in [0.2, 0.25) is 0 Å². The summed E-state index contributed by atoms with van der Waals surface area (Å²) in [5, 5.41) is 0. The van der Waals surface area contributed by atoms with Crippen LogP contribution in [0.1, 0.15) is 25.8 Å². The minimum absolute atomic E-state index is 0.110. The fourth-order valence-corrected chi connectivity index (χ4v) is 1.22. The number of rotatable bonds is 6. The van der Waals surface area contributed by atoms with E-state index in [-0.39, 0.29) is 5.60 Å². The Hall–Kier alpha value is -1.06. The molecule has 0 amide bonds. The summed E-state index contributed by atoms with van der Waals surface area (Å²) in [5.74, 6) is 0. The first-order valence-corrected chi connectivity index (χ1v) is 5.51. The fourth-order valence-electron chi connectivity index (χ4n) is 1.22. The predicted molar refractivity (Wildman–Crippen MR) is 66.2 cm³/mol. The molecule has 0 heterocycles. The van der Waals surface area contributed by atoms with Gasteiger partial charge in [-0.3, -0.25) is 0 Å². The van der Waals surface area contributed by atoms with Crippen LogP contribution >= 0.6 is 0 Å². The molecule has 3 heteroatoms. The third kappa shape index (κ3) is 4.64. The highest BCUT2D eigenvalue weighted by Crippen LogP contribution is 2.13. The lowest BCUT2D eigenvalue weighted by Crippen LogP contribution is -2.24. The highest BCUT2D eigenvalue weighted by atomic mass is 16.5. The monoisotopic (exact) mass is 223 g/mol. The van der Waals surface area contributed by atoms with Gasteiger partial charge in [-0.25, -0.2) is 0 Å². The number of nitrogens with two attached hydrogens (primary N) is 1. The highest BCUT2D eigenvalue weighted by molar-refractivity contribution is 5.39. The summed E-state index contributed by atoms with van der Waals surface area (Å²) < 4.78 is 10.9. The van der Waals surface area contributed by atoms with Crippen molar-refractivity contribution < 1.29 is 9.47 Å². The van der Waals surface area contributed by atoms with Gasteiger partial charge in [0.25, 0.3) is 0 Å². The molecular formula is C13H21NO2. The van der Waals surface area contributed by atoms with Crippen LogP contribution in [0.4, 0.5) is 5.69 Å². The summed E-state index contributed by atoms with van der Waals surface area (Å²) in [6.07, 6.45) is 0.887. The number of ether oxygens (including phenoxy) is 2. The van der Waals surface area contributed by atoms with E-state index >= 15 is 0 Å². The average molecular weight is 223 g/mol. The van der Waals surface area contributed by atoms with Gasteiger partial charge < -0.3 is 15.2 Å². The van der Waals surface area contributed by atoms with E-state index in [4.69, 9.17) is 15.2 Å². The van der Waals surface area contributed by atoms with Crippen molar-refractivity contribution in [1.82, 2.24) is 0 Å². The first kappa shape index (κ1) is 13.0. The van der Waals surface area contributed by atoms with E-state index < -0.39 is 0 Å². The molecule has 0 fully saturated rings. The Bertz CT molecular complexity index is 306. The van der Waals surface area contributed by atoms with Crippen LogP contribution < -0.4 is 5.73 Å². The molecule has 1 rings (SSSR count). The van der Waals surface area contributed by atoms with Gasteiger partial charge >= 0.3 is 0 Å². The van der Waals surface area contributed by atoms with Gasteiger partial charge in [0.05, 0.1) is 12.2 Å². The lowest BCUT2D eigenvalue weighted by molar-refractivity contribution is -0.0124. The number of methoxy groups -OCH3 is 1. The van der Waals surface area contributed by atoms with Gasteiger partial charge in [-0.15, -0.1) is 0 Å². The normalized spacial score (nSPS) is 11.7. The lowest BCUT2D eigenvalue weighted by Gasteiger charge is -2.22. The molecule has 0 unspecified atom stereocenters. The first-order valence-electron chi connectivity index (χ1n) is 5.51. The van der Waals surface area contributed by atoms with Crippen molar-refractivity contribution in [2.24, 2.45) is 0 Å². The molecule has 16 heavy (non-hydrogen) atoms. The smallest absolute Gasteiger partial charge is 0.0716 e. The summed E-state index contributed by atoms with van der Waals surface area (Å²) in [5.41, 5.74) is 7.41. The second kappa shape index (κ2) is 5.87. The topological polar surface area (TPSA) is 44.5 Å². The molecule has 90 valence electrons. The zero-order chi connectivity index (χ0) is 12.0. The van der Waals surface area contributed by atoms with E-state index in [1.807, 2.05) is 24.3 Å². The van der Waals surface area contributed by atoms with Crippen LogP contribution in [0.15, 0.2) is 24.3 Å². The number of anilines is 1. The zero-order valence-corrected chi connectivity index (χ0v) is 10.3. The molecule has 0 saturated heterocycles. The standard InChI is InChI=1S/C13H21NO2/c1-13(2,15-3)8-9-16-10-11-4-6-12(14)7-5-11/h4-7H,8-10,14H2,1-3H3. The molecule has 0 aromatic heterocycles. The maximum atomic E-state index is 5.60. The van der Waals surface area contributed by atoms with E-state index in [0.717, 1.165) is 17.7 Å². The van der Waals surface area contributed by atoms with Gasteiger partial charge in [0.15, 0.2) is 0 Å². The molecule has 0 aliphatic carbocycles. The van der Waals surface area contributed by atoms with E-state index in [2.05, 4.69) is 13.8 Å². The molecule has 3 nitrogen and oxygen atoms in total.